The summed E-state index contributed by atoms with van der Waals surface area (Å²) in [5.74, 6) is 0. The molecule has 0 fully saturated rings. The van der Waals surface area contributed by atoms with Gasteiger partial charge in [-0.3, -0.25) is 0 Å². The molecule has 2 aromatic carbocycles. The number of hydrogen-bond acceptors (Lipinski definition) is 0. The van der Waals surface area contributed by atoms with Crippen LogP contribution >= 0.6 is 27.5 Å². The topological polar surface area (TPSA) is 0 Å². The molecule has 0 aromatic heterocycles. The van der Waals surface area contributed by atoms with Gasteiger partial charge >= 0.3 is 0 Å². The summed E-state index contributed by atoms with van der Waals surface area (Å²) in [7, 11) is 0. The maximum Gasteiger partial charge on any atom is 0.0843 e. The van der Waals surface area contributed by atoms with E-state index < -0.39 is 0 Å². The van der Waals surface area contributed by atoms with Gasteiger partial charge in [-0.2, -0.15) is 0 Å². The van der Waals surface area contributed by atoms with Crippen LogP contribution in [0.5, 0.6) is 0 Å². The van der Waals surface area contributed by atoms with Crippen molar-refractivity contribution in [2.24, 2.45) is 0 Å². The van der Waals surface area contributed by atoms with E-state index in [1.165, 1.54) is 33.4 Å². The zero-order valence-electron chi connectivity index (χ0n) is 11.7. The van der Waals surface area contributed by atoms with Crippen molar-refractivity contribution in [1.29, 1.82) is 0 Å². The second-order valence-electron chi connectivity index (χ2n) is 5.18. The normalized spacial score (nSPS) is 12.5. The standard InChI is InChI=1S/C17H18BrCl/c1-10-7-12(3)16(13(4)8-10)17(19)15-9-14(18)6-5-11(15)2/h5-9,17H,1-4H3. The smallest absolute Gasteiger partial charge is 0.0843 e. The summed E-state index contributed by atoms with van der Waals surface area (Å²) in [6.07, 6.45) is 0. The molecule has 19 heavy (non-hydrogen) atoms. The molecule has 0 radical (unpaired) electrons. The molecule has 0 aliphatic carbocycles. The Hall–Kier alpha value is -0.790. The van der Waals surface area contributed by atoms with Gasteiger partial charge in [0.15, 0.2) is 0 Å². The Labute approximate surface area is 128 Å². The second kappa shape index (κ2) is 5.68. The first-order chi connectivity index (χ1) is 8.90. The maximum atomic E-state index is 6.75. The first kappa shape index (κ1) is 14.6. The molecule has 2 heteroatoms. The lowest BCUT2D eigenvalue weighted by Crippen LogP contribution is -2.02. The van der Waals surface area contributed by atoms with Crippen molar-refractivity contribution < 1.29 is 0 Å². The lowest BCUT2D eigenvalue weighted by Gasteiger charge is -2.19. The third-order valence-electron chi connectivity index (χ3n) is 3.51. The third kappa shape index (κ3) is 3.04. The Morgan fingerprint density at radius 1 is 0.895 bits per heavy atom. The molecule has 1 unspecified atom stereocenters. The van der Waals surface area contributed by atoms with Crippen LogP contribution in [0.4, 0.5) is 0 Å². The van der Waals surface area contributed by atoms with E-state index in [1.807, 2.05) is 0 Å². The number of alkyl halides is 1. The van der Waals surface area contributed by atoms with Crippen molar-refractivity contribution in [2.75, 3.05) is 0 Å². The van der Waals surface area contributed by atoms with Crippen LogP contribution in [-0.2, 0) is 0 Å². The van der Waals surface area contributed by atoms with Crippen LogP contribution in [0.2, 0.25) is 0 Å². The minimum absolute atomic E-state index is 0.0990. The first-order valence-corrected chi connectivity index (χ1v) is 7.61. The van der Waals surface area contributed by atoms with Gasteiger partial charge in [-0.05, 0) is 67.6 Å². The predicted molar refractivity (Wildman–Crippen MR) is 87.2 cm³/mol. The molecule has 0 spiro atoms. The van der Waals surface area contributed by atoms with Crippen LogP contribution in [0.15, 0.2) is 34.8 Å². The molecule has 0 bridgehead atoms. The lowest BCUT2D eigenvalue weighted by atomic mass is 9.92. The molecule has 100 valence electrons. The van der Waals surface area contributed by atoms with Crippen molar-refractivity contribution in [3.63, 3.8) is 0 Å². The highest BCUT2D eigenvalue weighted by atomic mass is 79.9. The highest BCUT2D eigenvalue weighted by Crippen LogP contribution is 2.36. The fraction of sp³-hybridized carbons (Fsp3) is 0.294. The van der Waals surface area contributed by atoms with E-state index in [1.54, 1.807) is 0 Å². The molecule has 0 nitrogen and oxygen atoms in total. The van der Waals surface area contributed by atoms with Gasteiger partial charge in [-0.1, -0.05) is 39.7 Å². The Balaban J connectivity index is 2.56. The van der Waals surface area contributed by atoms with Crippen molar-refractivity contribution in [3.05, 3.63) is 68.2 Å². The highest BCUT2D eigenvalue weighted by molar-refractivity contribution is 9.10. The highest BCUT2D eigenvalue weighted by Gasteiger charge is 2.18. The zero-order chi connectivity index (χ0) is 14.2. The molecule has 0 amide bonds. The van der Waals surface area contributed by atoms with Crippen LogP contribution in [-0.4, -0.2) is 0 Å². The van der Waals surface area contributed by atoms with E-state index in [2.05, 4.69) is 74.0 Å². The average Bonchev–Trinajstić information content (AvgIpc) is 2.30. The Kier molecular flexibility index (Phi) is 4.37. The summed E-state index contributed by atoms with van der Waals surface area (Å²) < 4.78 is 1.07. The monoisotopic (exact) mass is 336 g/mol. The number of rotatable bonds is 2. The first-order valence-electron chi connectivity index (χ1n) is 6.38. The van der Waals surface area contributed by atoms with E-state index in [4.69, 9.17) is 11.6 Å². The third-order valence-corrected chi connectivity index (χ3v) is 4.45. The fourth-order valence-electron chi connectivity index (χ4n) is 2.63. The molecule has 0 heterocycles. The molecule has 2 rings (SSSR count). The van der Waals surface area contributed by atoms with Crippen molar-refractivity contribution in [1.82, 2.24) is 0 Å². The molecule has 0 N–H and O–H groups in total. The van der Waals surface area contributed by atoms with Crippen molar-refractivity contribution >= 4 is 27.5 Å². The quantitative estimate of drug-likeness (QED) is 0.589. The minimum atomic E-state index is -0.0990. The predicted octanol–water partition coefficient (Wildman–Crippen LogP) is 6.01. The van der Waals surface area contributed by atoms with Gasteiger partial charge < -0.3 is 0 Å². The second-order valence-corrected chi connectivity index (χ2v) is 6.53. The molecule has 0 aliphatic rings. The summed E-state index contributed by atoms with van der Waals surface area (Å²) >= 11 is 10.3. The number of halogens is 2. The molecule has 0 saturated heterocycles. The van der Waals surface area contributed by atoms with E-state index >= 15 is 0 Å². The lowest BCUT2D eigenvalue weighted by molar-refractivity contribution is 1.05. The van der Waals surface area contributed by atoms with Crippen LogP contribution < -0.4 is 0 Å². The molecular weight excluding hydrogens is 320 g/mol. The van der Waals surface area contributed by atoms with Gasteiger partial charge in [0, 0.05) is 4.47 Å². The number of aryl methyl sites for hydroxylation is 4. The summed E-state index contributed by atoms with van der Waals surface area (Å²) in [5.41, 5.74) is 7.43. The van der Waals surface area contributed by atoms with Crippen molar-refractivity contribution in [3.8, 4) is 0 Å². The van der Waals surface area contributed by atoms with E-state index in [0.717, 1.165) is 4.47 Å². The number of benzene rings is 2. The van der Waals surface area contributed by atoms with Crippen LogP contribution in [0.3, 0.4) is 0 Å². The summed E-state index contributed by atoms with van der Waals surface area (Å²) in [6.45, 7) is 8.50. The Morgan fingerprint density at radius 2 is 1.47 bits per heavy atom. The van der Waals surface area contributed by atoms with Crippen molar-refractivity contribution in [2.45, 2.75) is 33.1 Å². The fourth-order valence-corrected chi connectivity index (χ4v) is 3.59. The van der Waals surface area contributed by atoms with Gasteiger partial charge in [0.2, 0.25) is 0 Å². The summed E-state index contributed by atoms with van der Waals surface area (Å²) in [4.78, 5) is 0. The Bertz CT molecular complexity index is 594. The molecular formula is C17H18BrCl. The molecule has 2 aromatic rings. The van der Waals surface area contributed by atoms with Crippen LogP contribution in [0.1, 0.15) is 38.8 Å². The average molecular weight is 338 g/mol. The van der Waals surface area contributed by atoms with E-state index in [0.29, 0.717) is 0 Å². The van der Waals surface area contributed by atoms with Gasteiger partial charge in [-0.25, -0.2) is 0 Å². The van der Waals surface area contributed by atoms with Crippen LogP contribution in [0, 0.1) is 27.7 Å². The summed E-state index contributed by atoms with van der Waals surface area (Å²) in [5, 5.41) is -0.0990. The molecule has 1 atom stereocenters. The minimum Gasteiger partial charge on any atom is -0.113 e. The largest absolute Gasteiger partial charge is 0.113 e. The van der Waals surface area contributed by atoms with Gasteiger partial charge in [-0.15, -0.1) is 11.6 Å². The van der Waals surface area contributed by atoms with E-state index in [-0.39, 0.29) is 5.38 Å². The van der Waals surface area contributed by atoms with Gasteiger partial charge in [0.25, 0.3) is 0 Å². The maximum absolute atomic E-state index is 6.75. The SMILES string of the molecule is Cc1cc(C)c(C(Cl)c2cc(Br)ccc2C)c(C)c1. The molecule has 0 aliphatic heterocycles. The van der Waals surface area contributed by atoms with Crippen LogP contribution in [0.25, 0.3) is 0 Å². The molecule has 0 saturated carbocycles. The summed E-state index contributed by atoms with van der Waals surface area (Å²) in [6, 6.07) is 10.7. The Morgan fingerprint density at radius 3 is 2.05 bits per heavy atom. The van der Waals surface area contributed by atoms with Gasteiger partial charge in [0.1, 0.15) is 0 Å². The van der Waals surface area contributed by atoms with E-state index in [9.17, 15) is 0 Å². The zero-order valence-corrected chi connectivity index (χ0v) is 14.1. The number of hydrogen-bond donors (Lipinski definition) is 0. The van der Waals surface area contributed by atoms with Gasteiger partial charge in [0.05, 0.1) is 5.38 Å².